The lowest BCUT2D eigenvalue weighted by Gasteiger charge is -1.98. The van der Waals surface area contributed by atoms with E-state index in [2.05, 4.69) is 15.9 Å². The third-order valence-corrected chi connectivity index (χ3v) is 1.97. The molecule has 0 heterocycles. The summed E-state index contributed by atoms with van der Waals surface area (Å²) in [4.78, 5) is 0. The van der Waals surface area contributed by atoms with Gasteiger partial charge in [0.1, 0.15) is 5.82 Å². The Morgan fingerprint density at radius 3 is 2.45 bits per heavy atom. The van der Waals surface area contributed by atoms with Gasteiger partial charge in [-0.05, 0) is 28.1 Å². The van der Waals surface area contributed by atoms with E-state index in [4.69, 9.17) is 17.3 Å². The van der Waals surface area contributed by atoms with E-state index in [-0.39, 0.29) is 18.1 Å². The van der Waals surface area contributed by atoms with Crippen molar-refractivity contribution >= 4 is 45.6 Å². The van der Waals surface area contributed by atoms with Crippen LogP contribution in [0, 0.1) is 5.82 Å². The molecule has 0 aliphatic carbocycles. The van der Waals surface area contributed by atoms with Crippen molar-refractivity contribution in [2.24, 2.45) is 0 Å². The van der Waals surface area contributed by atoms with E-state index in [1.165, 1.54) is 12.1 Å². The largest absolute Gasteiger partial charge is 0.397 e. The molecular formula is C6H5BrCl2FN. The maximum atomic E-state index is 12.6. The van der Waals surface area contributed by atoms with Gasteiger partial charge in [0.25, 0.3) is 0 Å². The fraction of sp³-hybridized carbons (Fsp3) is 0. The summed E-state index contributed by atoms with van der Waals surface area (Å²) in [6, 6.07) is 2.60. The van der Waals surface area contributed by atoms with Crippen LogP contribution in [0.25, 0.3) is 0 Å². The van der Waals surface area contributed by atoms with E-state index in [1.54, 1.807) is 0 Å². The van der Waals surface area contributed by atoms with Gasteiger partial charge in [-0.25, -0.2) is 4.39 Å². The number of nitrogen functional groups attached to an aromatic ring is 1. The van der Waals surface area contributed by atoms with Gasteiger partial charge in [0.15, 0.2) is 0 Å². The third-order valence-electron chi connectivity index (χ3n) is 1.04. The number of hydrogen-bond acceptors (Lipinski definition) is 1. The van der Waals surface area contributed by atoms with Crippen molar-refractivity contribution in [3.63, 3.8) is 0 Å². The number of halogens is 4. The fourth-order valence-corrected chi connectivity index (χ4v) is 1.18. The van der Waals surface area contributed by atoms with Gasteiger partial charge in [0.2, 0.25) is 0 Å². The van der Waals surface area contributed by atoms with E-state index < -0.39 is 5.82 Å². The minimum atomic E-state index is -0.401. The Kier molecular flexibility index (Phi) is 4.14. The zero-order valence-electron chi connectivity index (χ0n) is 5.27. The maximum absolute atomic E-state index is 12.6. The highest BCUT2D eigenvalue weighted by atomic mass is 79.9. The number of nitrogens with two attached hydrogens (primary N) is 1. The van der Waals surface area contributed by atoms with Crippen molar-refractivity contribution in [1.82, 2.24) is 0 Å². The van der Waals surface area contributed by atoms with Crippen molar-refractivity contribution in [2.75, 3.05) is 5.73 Å². The molecule has 0 aliphatic rings. The molecule has 0 unspecified atom stereocenters. The molecular weight excluding hydrogens is 256 g/mol. The topological polar surface area (TPSA) is 26.0 Å². The molecule has 11 heavy (non-hydrogen) atoms. The van der Waals surface area contributed by atoms with E-state index >= 15 is 0 Å². The highest BCUT2D eigenvalue weighted by Gasteiger charge is 2.02. The van der Waals surface area contributed by atoms with Gasteiger partial charge < -0.3 is 5.73 Å². The van der Waals surface area contributed by atoms with Crippen LogP contribution in [0.3, 0.4) is 0 Å². The number of anilines is 1. The first-order valence-corrected chi connectivity index (χ1v) is 3.68. The van der Waals surface area contributed by atoms with Crippen LogP contribution in [0.2, 0.25) is 5.02 Å². The average molecular weight is 261 g/mol. The lowest BCUT2D eigenvalue weighted by atomic mass is 10.3. The average Bonchev–Trinajstić information content (AvgIpc) is 1.84. The van der Waals surface area contributed by atoms with Crippen LogP contribution in [-0.2, 0) is 0 Å². The molecule has 0 aliphatic heterocycles. The van der Waals surface area contributed by atoms with E-state index in [1.807, 2.05) is 0 Å². The Balaban J connectivity index is 0.000001000. The van der Waals surface area contributed by atoms with Gasteiger partial charge >= 0.3 is 0 Å². The van der Waals surface area contributed by atoms with Gasteiger partial charge in [0, 0.05) is 0 Å². The van der Waals surface area contributed by atoms with Crippen molar-refractivity contribution in [2.45, 2.75) is 0 Å². The highest BCUT2D eigenvalue weighted by molar-refractivity contribution is 9.10. The zero-order chi connectivity index (χ0) is 7.72. The molecule has 1 nitrogen and oxygen atoms in total. The van der Waals surface area contributed by atoms with Crippen LogP contribution >= 0.6 is 39.9 Å². The smallest absolute Gasteiger partial charge is 0.139 e. The summed E-state index contributed by atoms with van der Waals surface area (Å²) >= 11 is 8.53. The Morgan fingerprint density at radius 1 is 1.45 bits per heavy atom. The van der Waals surface area contributed by atoms with Crippen LogP contribution in [0.5, 0.6) is 0 Å². The number of rotatable bonds is 0. The molecule has 0 radical (unpaired) electrons. The molecule has 0 fully saturated rings. The van der Waals surface area contributed by atoms with Crippen LogP contribution in [0.1, 0.15) is 0 Å². The van der Waals surface area contributed by atoms with Crippen molar-refractivity contribution < 1.29 is 4.39 Å². The van der Waals surface area contributed by atoms with Crippen LogP contribution in [0.15, 0.2) is 16.6 Å². The van der Waals surface area contributed by atoms with Gasteiger partial charge in [-0.3, -0.25) is 0 Å². The first kappa shape index (κ1) is 11.0. The fourth-order valence-electron chi connectivity index (χ4n) is 0.538. The summed E-state index contributed by atoms with van der Waals surface area (Å²) in [6.07, 6.45) is 0. The van der Waals surface area contributed by atoms with E-state index in [0.717, 1.165) is 0 Å². The van der Waals surface area contributed by atoms with Gasteiger partial charge in [-0.2, -0.15) is 0 Å². The number of benzene rings is 1. The molecule has 1 aromatic rings. The Bertz CT molecular complexity index is 217. The summed E-state index contributed by atoms with van der Waals surface area (Å²) in [5.74, 6) is -0.401. The molecule has 62 valence electrons. The van der Waals surface area contributed by atoms with Crippen molar-refractivity contribution in [1.29, 1.82) is 0 Å². The summed E-state index contributed by atoms with van der Waals surface area (Å²) in [7, 11) is 0. The third kappa shape index (κ3) is 2.51. The monoisotopic (exact) mass is 259 g/mol. The quantitative estimate of drug-likeness (QED) is 0.563. The SMILES string of the molecule is Cl.Nc1cc(F)c(Br)cc1Cl. The highest BCUT2D eigenvalue weighted by Crippen LogP contribution is 2.25. The molecule has 1 aromatic carbocycles. The molecule has 0 atom stereocenters. The van der Waals surface area contributed by atoms with Crippen molar-refractivity contribution in [3.05, 3.63) is 27.4 Å². The first-order valence-electron chi connectivity index (χ1n) is 2.51. The second-order valence-electron chi connectivity index (χ2n) is 1.79. The lowest BCUT2D eigenvalue weighted by Crippen LogP contribution is -1.88. The molecule has 1 rings (SSSR count). The van der Waals surface area contributed by atoms with Gasteiger partial charge in [-0.15, -0.1) is 12.4 Å². The summed E-state index contributed by atoms with van der Waals surface area (Å²) < 4.78 is 12.9. The molecule has 0 bridgehead atoms. The molecule has 0 amide bonds. The molecule has 0 aromatic heterocycles. The van der Waals surface area contributed by atoms with Crippen LogP contribution in [0.4, 0.5) is 10.1 Å². The summed E-state index contributed by atoms with van der Waals surface area (Å²) in [5, 5.41) is 0.355. The predicted octanol–water partition coefficient (Wildman–Crippen LogP) is 3.25. The molecule has 5 heteroatoms. The summed E-state index contributed by atoms with van der Waals surface area (Å²) in [5.41, 5.74) is 5.55. The van der Waals surface area contributed by atoms with E-state index in [9.17, 15) is 4.39 Å². The normalized spacial score (nSPS) is 9.00. The Hall–Kier alpha value is 0.01000. The van der Waals surface area contributed by atoms with E-state index in [0.29, 0.717) is 9.50 Å². The Labute approximate surface area is 83.3 Å². The minimum Gasteiger partial charge on any atom is -0.397 e. The molecule has 2 N–H and O–H groups in total. The van der Waals surface area contributed by atoms with Gasteiger partial charge in [0.05, 0.1) is 15.2 Å². The second-order valence-corrected chi connectivity index (χ2v) is 3.05. The molecule has 0 saturated heterocycles. The number of hydrogen-bond donors (Lipinski definition) is 1. The lowest BCUT2D eigenvalue weighted by molar-refractivity contribution is 0.622. The summed E-state index contributed by atoms with van der Waals surface area (Å²) in [6.45, 7) is 0. The van der Waals surface area contributed by atoms with Crippen LogP contribution in [-0.4, -0.2) is 0 Å². The van der Waals surface area contributed by atoms with Crippen LogP contribution < -0.4 is 5.73 Å². The first-order chi connectivity index (χ1) is 4.61. The Morgan fingerprint density at radius 2 is 2.00 bits per heavy atom. The standard InChI is InChI=1S/C6H4BrClFN.ClH/c7-3-1-4(8)6(10)2-5(3)9;/h1-2H,10H2;1H. The van der Waals surface area contributed by atoms with Crippen molar-refractivity contribution in [3.8, 4) is 0 Å². The second kappa shape index (κ2) is 4.14. The molecule has 0 spiro atoms. The zero-order valence-corrected chi connectivity index (χ0v) is 8.43. The van der Waals surface area contributed by atoms with Gasteiger partial charge in [-0.1, -0.05) is 11.6 Å². The maximum Gasteiger partial charge on any atom is 0.139 e. The molecule has 0 saturated carbocycles. The minimum absolute atomic E-state index is 0. The predicted molar refractivity (Wildman–Crippen MR) is 50.8 cm³/mol.